The van der Waals surface area contributed by atoms with Gasteiger partial charge in [-0.3, -0.25) is 0 Å². The van der Waals surface area contributed by atoms with Crippen LogP contribution in [0.5, 0.6) is 0 Å². The third-order valence-electron chi connectivity index (χ3n) is 2.94. The van der Waals surface area contributed by atoms with Gasteiger partial charge in [-0.15, -0.1) is 0 Å². The summed E-state index contributed by atoms with van der Waals surface area (Å²) in [5.41, 5.74) is 7.95. The van der Waals surface area contributed by atoms with Crippen molar-refractivity contribution >= 4 is 11.0 Å². The molecule has 0 spiro atoms. The molecule has 0 aliphatic rings. The summed E-state index contributed by atoms with van der Waals surface area (Å²) in [7, 11) is 1.72. The Hall–Kier alpha value is -1.56. The fourth-order valence-corrected chi connectivity index (χ4v) is 1.96. The Bertz CT molecular complexity index is 557. The molecule has 0 bridgehead atoms. The lowest BCUT2D eigenvalue weighted by molar-refractivity contribution is -0.134. The number of para-hydroxylation sites is 1. The highest BCUT2D eigenvalue weighted by molar-refractivity contribution is 5.79. The van der Waals surface area contributed by atoms with Crippen LogP contribution in [-0.2, 0) is 20.0 Å². The van der Waals surface area contributed by atoms with Crippen molar-refractivity contribution in [3.63, 3.8) is 0 Å². The first-order chi connectivity index (χ1) is 8.42. The molecule has 0 atom stereocenters. The number of rotatable bonds is 3. The standard InChI is InChI=1S/C12H14F3N3/c1-18-9-4-2-3-8(7-16)11(9)17-10(18)5-6-12(13,14)15/h2-4H,5-7,16H2,1H3. The van der Waals surface area contributed by atoms with E-state index >= 15 is 0 Å². The van der Waals surface area contributed by atoms with Crippen LogP contribution >= 0.6 is 0 Å². The van der Waals surface area contributed by atoms with E-state index in [2.05, 4.69) is 4.98 Å². The molecule has 18 heavy (non-hydrogen) atoms. The monoisotopic (exact) mass is 257 g/mol. The Morgan fingerprint density at radius 2 is 2.06 bits per heavy atom. The molecule has 98 valence electrons. The summed E-state index contributed by atoms with van der Waals surface area (Å²) < 4.78 is 38.3. The number of nitrogens with two attached hydrogens (primary N) is 1. The summed E-state index contributed by atoms with van der Waals surface area (Å²) in [6.07, 6.45) is -5.13. The van der Waals surface area contributed by atoms with E-state index in [1.807, 2.05) is 18.2 Å². The summed E-state index contributed by atoms with van der Waals surface area (Å²) in [5.74, 6) is 0.434. The van der Waals surface area contributed by atoms with E-state index in [0.717, 1.165) is 11.1 Å². The molecule has 0 saturated carbocycles. The molecular formula is C12H14F3N3. The third-order valence-corrected chi connectivity index (χ3v) is 2.94. The van der Waals surface area contributed by atoms with Crippen LogP contribution in [0, 0.1) is 0 Å². The molecule has 0 amide bonds. The van der Waals surface area contributed by atoms with Crippen molar-refractivity contribution in [1.82, 2.24) is 9.55 Å². The topological polar surface area (TPSA) is 43.8 Å². The molecular weight excluding hydrogens is 243 g/mol. The lowest BCUT2D eigenvalue weighted by Gasteiger charge is -2.05. The van der Waals surface area contributed by atoms with Crippen LogP contribution in [0.3, 0.4) is 0 Å². The maximum Gasteiger partial charge on any atom is 0.389 e. The van der Waals surface area contributed by atoms with E-state index in [1.54, 1.807) is 11.6 Å². The number of benzene rings is 1. The van der Waals surface area contributed by atoms with E-state index in [0.29, 0.717) is 17.9 Å². The summed E-state index contributed by atoms with van der Waals surface area (Å²) in [5, 5.41) is 0. The number of hydrogen-bond donors (Lipinski definition) is 1. The van der Waals surface area contributed by atoms with Gasteiger partial charge in [0.1, 0.15) is 5.82 Å². The molecule has 2 N–H and O–H groups in total. The highest BCUT2D eigenvalue weighted by Crippen LogP contribution is 2.24. The second-order valence-corrected chi connectivity index (χ2v) is 4.19. The van der Waals surface area contributed by atoms with Crippen LogP contribution in [0.1, 0.15) is 17.8 Å². The first-order valence-corrected chi connectivity index (χ1v) is 5.62. The summed E-state index contributed by atoms with van der Waals surface area (Å²) in [6, 6.07) is 5.50. The van der Waals surface area contributed by atoms with Gasteiger partial charge in [-0.05, 0) is 11.6 Å². The summed E-state index contributed by atoms with van der Waals surface area (Å²) in [4.78, 5) is 4.27. The molecule has 0 aliphatic heterocycles. The van der Waals surface area contributed by atoms with Crippen LogP contribution < -0.4 is 5.73 Å². The molecule has 2 rings (SSSR count). The van der Waals surface area contributed by atoms with Gasteiger partial charge in [0.25, 0.3) is 0 Å². The SMILES string of the molecule is Cn1c(CCC(F)(F)F)nc2c(CN)cccc21. The Kier molecular flexibility index (Phi) is 3.30. The molecule has 1 aromatic heterocycles. The van der Waals surface area contributed by atoms with Gasteiger partial charge in [0.2, 0.25) is 0 Å². The normalized spacial score (nSPS) is 12.3. The smallest absolute Gasteiger partial charge is 0.331 e. The maximum atomic E-state index is 12.2. The molecule has 0 unspecified atom stereocenters. The molecule has 1 aromatic carbocycles. The predicted octanol–water partition coefficient (Wildman–Crippen LogP) is 2.53. The largest absolute Gasteiger partial charge is 0.389 e. The number of fused-ring (bicyclic) bond motifs is 1. The first-order valence-electron chi connectivity index (χ1n) is 5.62. The van der Waals surface area contributed by atoms with Crippen LogP contribution in [0.15, 0.2) is 18.2 Å². The molecule has 0 fully saturated rings. The van der Waals surface area contributed by atoms with Crippen LogP contribution in [0.2, 0.25) is 0 Å². The highest BCUT2D eigenvalue weighted by atomic mass is 19.4. The Morgan fingerprint density at radius 3 is 2.67 bits per heavy atom. The fraction of sp³-hybridized carbons (Fsp3) is 0.417. The summed E-state index contributed by atoms with van der Waals surface area (Å²) >= 11 is 0. The average molecular weight is 257 g/mol. The number of alkyl halides is 3. The van der Waals surface area contributed by atoms with Crippen LogP contribution in [0.25, 0.3) is 11.0 Å². The molecule has 0 saturated heterocycles. The molecule has 0 aliphatic carbocycles. The van der Waals surface area contributed by atoms with Gasteiger partial charge < -0.3 is 10.3 Å². The Labute approximate surface area is 102 Å². The van der Waals surface area contributed by atoms with Crippen LogP contribution in [-0.4, -0.2) is 15.7 Å². The van der Waals surface area contributed by atoms with E-state index in [1.165, 1.54) is 0 Å². The molecule has 0 radical (unpaired) electrons. The van der Waals surface area contributed by atoms with Gasteiger partial charge in [-0.1, -0.05) is 12.1 Å². The Morgan fingerprint density at radius 1 is 1.33 bits per heavy atom. The average Bonchev–Trinajstić information content (AvgIpc) is 2.63. The molecule has 1 heterocycles. The Balaban J connectivity index is 2.38. The number of aromatic nitrogens is 2. The zero-order valence-electron chi connectivity index (χ0n) is 9.96. The summed E-state index contributed by atoms with van der Waals surface area (Å²) in [6.45, 7) is 0.326. The second kappa shape index (κ2) is 4.61. The fourth-order valence-electron chi connectivity index (χ4n) is 1.96. The lowest BCUT2D eigenvalue weighted by Crippen LogP contribution is -2.10. The van der Waals surface area contributed by atoms with E-state index in [9.17, 15) is 13.2 Å². The van der Waals surface area contributed by atoms with E-state index in [-0.39, 0.29) is 6.42 Å². The minimum Gasteiger partial charge on any atom is -0.331 e. The van der Waals surface area contributed by atoms with E-state index in [4.69, 9.17) is 5.73 Å². The van der Waals surface area contributed by atoms with Gasteiger partial charge in [0.15, 0.2) is 0 Å². The van der Waals surface area contributed by atoms with Crippen molar-refractivity contribution in [2.24, 2.45) is 12.8 Å². The number of nitrogens with zero attached hydrogens (tertiary/aromatic N) is 2. The van der Waals surface area contributed by atoms with Gasteiger partial charge in [-0.2, -0.15) is 13.2 Å². The van der Waals surface area contributed by atoms with Gasteiger partial charge in [-0.25, -0.2) is 4.98 Å². The van der Waals surface area contributed by atoms with Crippen molar-refractivity contribution in [3.8, 4) is 0 Å². The van der Waals surface area contributed by atoms with Crippen molar-refractivity contribution in [3.05, 3.63) is 29.6 Å². The highest BCUT2D eigenvalue weighted by Gasteiger charge is 2.27. The number of hydrogen-bond acceptors (Lipinski definition) is 2. The molecule has 3 nitrogen and oxygen atoms in total. The number of halogens is 3. The minimum absolute atomic E-state index is 0.112. The quantitative estimate of drug-likeness (QED) is 0.918. The number of aryl methyl sites for hydroxylation is 2. The van der Waals surface area contributed by atoms with Gasteiger partial charge >= 0.3 is 6.18 Å². The van der Waals surface area contributed by atoms with Crippen molar-refractivity contribution in [2.75, 3.05) is 0 Å². The third kappa shape index (κ3) is 2.48. The maximum absolute atomic E-state index is 12.2. The molecule has 2 aromatic rings. The van der Waals surface area contributed by atoms with Crippen molar-refractivity contribution < 1.29 is 13.2 Å². The zero-order valence-corrected chi connectivity index (χ0v) is 9.96. The minimum atomic E-state index is -4.16. The van der Waals surface area contributed by atoms with Gasteiger partial charge in [0.05, 0.1) is 17.5 Å². The zero-order chi connectivity index (χ0) is 13.3. The first kappa shape index (κ1) is 12.9. The van der Waals surface area contributed by atoms with E-state index < -0.39 is 12.6 Å². The van der Waals surface area contributed by atoms with Gasteiger partial charge in [0, 0.05) is 20.0 Å². The van der Waals surface area contributed by atoms with Crippen molar-refractivity contribution in [1.29, 1.82) is 0 Å². The predicted molar refractivity (Wildman–Crippen MR) is 63.0 cm³/mol. The molecule has 6 heteroatoms. The number of imidazole rings is 1. The van der Waals surface area contributed by atoms with Crippen molar-refractivity contribution in [2.45, 2.75) is 25.6 Å². The second-order valence-electron chi connectivity index (χ2n) is 4.19. The lowest BCUT2D eigenvalue weighted by atomic mass is 10.2. The van der Waals surface area contributed by atoms with Crippen LogP contribution in [0.4, 0.5) is 13.2 Å².